The van der Waals surface area contributed by atoms with Crippen molar-refractivity contribution in [2.45, 2.75) is 53.4 Å². The summed E-state index contributed by atoms with van der Waals surface area (Å²) in [6.07, 6.45) is 11.3. The highest BCUT2D eigenvalue weighted by Gasteiger charge is 2.04. The largest absolute Gasteiger partial charge is 0.465 e. The van der Waals surface area contributed by atoms with Gasteiger partial charge in [-0.25, -0.2) is 4.79 Å². The van der Waals surface area contributed by atoms with E-state index in [0.29, 0.717) is 5.56 Å². The molecular formula is C23H33NO2. The van der Waals surface area contributed by atoms with Crippen molar-refractivity contribution in [1.29, 1.82) is 0 Å². The van der Waals surface area contributed by atoms with E-state index in [2.05, 4.69) is 51.2 Å². The van der Waals surface area contributed by atoms with Crippen molar-refractivity contribution < 1.29 is 9.53 Å². The number of carbonyl (C=O) groups is 1. The van der Waals surface area contributed by atoms with Gasteiger partial charge in [0, 0.05) is 12.2 Å². The van der Waals surface area contributed by atoms with Crippen LogP contribution in [0.3, 0.4) is 0 Å². The van der Waals surface area contributed by atoms with Gasteiger partial charge < -0.3 is 10.1 Å². The van der Waals surface area contributed by atoms with E-state index in [1.807, 2.05) is 18.2 Å². The lowest BCUT2D eigenvalue weighted by atomic mass is 10.1. The maximum absolute atomic E-state index is 11.5. The first-order chi connectivity index (χ1) is 12.4. The number of benzene rings is 1. The number of allylic oxidation sites excluding steroid dienone is 5. The van der Waals surface area contributed by atoms with E-state index in [4.69, 9.17) is 4.74 Å². The fourth-order valence-corrected chi connectivity index (χ4v) is 2.56. The number of hydrogen-bond donors (Lipinski definition) is 1. The van der Waals surface area contributed by atoms with Crippen LogP contribution in [-0.2, 0) is 4.74 Å². The molecule has 0 bridgehead atoms. The van der Waals surface area contributed by atoms with Crippen molar-refractivity contribution in [1.82, 2.24) is 0 Å². The SMILES string of the molecule is COC(=O)c1cccc(NC/C=C(\C)CC/C=C(\C)CCC=C(C)C)c1. The Morgan fingerprint density at radius 1 is 1.00 bits per heavy atom. The first kappa shape index (κ1) is 21.8. The van der Waals surface area contributed by atoms with E-state index in [0.717, 1.165) is 37.9 Å². The van der Waals surface area contributed by atoms with Crippen molar-refractivity contribution in [2.75, 3.05) is 19.0 Å². The van der Waals surface area contributed by atoms with Gasteiger partial charge in [0.25, 0.3) is 0 Å². The Labute approximate surface area is 158 Å². The van der Waals surface area contributed by atoms with Gasteiger partial charge in [-0.2, -0.15) is 0 Å². The number of methoxy groups -OCH3 is 1. The topological polar surface area (TPSA) is 38.3 Å². The Morgan fingerprint density at radius 3 is 2.31 bits per heavy atom. The fraction of sp³-hybridized carbons (Fsp3) is 0.435. The smallest absolute Gasteiger partial charge is 0.337 e. The Balaban J connectivity index is 2.38. The van der Waals surface area contributed by atoms with Crippen LogP contribution in [0.15, 0.2) is 59.2 Å². The third-order valence-electron chi connectivity index (χ3n) is 4.16. The third kappa shape index (κ3) is 9.26. The molecule has 0 aromatic heterocycles. The second-order valence-electron chi connectivity index (χ2n) is 6.91. The van der Waals surface area contributed by atoms with Crippen molar-refractivity contribution in [3.63, 3.8) is 0 Å². The number of rotatable bonds is 10. The summed E-state index contributed by atoms with van der Waals surface area (Å²) in [6.45, 7) is 9.42. The number of nitrogens with one attached hydrogen (secondary N) is 1. The predicted molar refractivity (Wildman–Crippen MR) is 112 cm³/mol. The number of esters is 1. The average Bonchev–Trinajstić information content (AvgIpc) is 2.61. The number of hydrogen-bond acceptors (Lipinski definition) is 3. The molecule has 0 atom stereocenters. The van der Waals surface area contributed by atoms with Crippen LogP contribution in [0.1, 0.15) is 63.7 Å². The molecule has 0 heterocycles. The standard InChI is InChI=1S/C23H33NO2/c1-18(2)9-6-10-19(3)11-7-12-20(4)15-16-24-22-14-8-13-21(17-22)23(25)26-5/h8-9,11,13-15,17,24H,6-7,10,12,16H2,1-5H3/b19-11+,20-15+. The summed E-state index contributed by atoms with van der Waals surface area (Å²) in [5.74, 6) is -0.313. The van der Waals surface area contributed by atoms with Gasteiger partial charge in [-0.1, -0.05) is 41.0 Å². The van der Waals surface area contributed by atoms with Crippen LogP contribution in [0.2, 0.25) is 0 Å². The summed E-state index contributed by atoms with van der Waals surface area (Å²) >= 11 is 0. The van der Waals surface area contributed by atoms with E-state index < -0.39 is 0 Å². The zero-order chi connectivity index (χ0) is 19.4. The van der Waals surface area contributed by atoms with Crippen molar-refractivity contribution >= 4 is 11.7 Å². The second-order valence-corrected chi connectivity index (χ2v) is 6.91. The molecule has 0 saturated heterocycles. The Morgan fingerprint density at radius 2 is 1.65 bits per heavy atom. The molecule has 0 radical (unpaired) electrons. The zero-order valence-electron chi connectivity index (χ0n) is 16.9. The molecule has 0 aliphatic carbocycles. The van der Waals surface area contributed by atoms with Crippen molar-refractivity contribution in [3.05, 3.63) is 64.8 Å². The zero-order valence-corrected chi connectivity index (χ0v) is 16.9. The first-order valence-electron chi connectivity index (χ1n) is 9.29. The highest BCUT2D eigenvalue weighted by Crippen LogP contribution is 2.13. The van der Waals surface area contributed by atoms with Gasteiger partial charge in [0.1, 0.15) is 0 Å². The number of carbonyl (C=O) groups excluding carboxylic acids is 1. The highest BCUT2D eigenvalue weighted by atomic mass is 16.5. The lowest BCUT2D eigenvalue weighted by Crippen LogP contribution is -2.04. The first-order valence-corrected chi connectivity index (χ1v) is 9.29. The molecule has 0 saturated carbocycles. The molecule has 142 valence electrons. The van der Waals surface area contributed by atoms with Gasteiger partial charge >= 0.3 is 5.97 Å². The normalized spacial score (nSPS) is 11.9. The Kier molecular flexibility index (Phi) is 10.1. The monoisotopic (exact) mass is 355 g/mol. The molecule has 0 aliphatic heterocycles. The van der Waals surface area contributed by atoms with E-state index in [1.54, 1.807) is 6.07 Å². The molecule has 1 N–H and O–H groups in total. The van der Waals surface area contributed by atoms with Gasteiger partial charge in [0.15, 0.2) is 0 Å². The fourth-order valence-electron chi connectivity index (χ4n) is 2.56. The van der Waals surface area contributed by atoms with E-state index in [9.17, 15) is 4.79 Å². The minimum Gasteiger partial charge on any atom is -0.465 e. The third-order valence-corrected chi connectivity index (χ3v) is 4.16. The van der Waals surface area contributed by atoms with Gasteiger partial charge in [0.2, 0.25) is 0 Å². The molecule has 3 heteroatoms. The molecule has 0 amide bonds. The molecule has 3 nitrogen and oxygen atoms in total. The van der Waals surface area contributed by atoms with Gasteiger partial charge in [-0.3, -0.25) is 0 Å². The van der Waals surface area contributed by atoms with Crippen LogP contribution in [0, 0.1) is 0 Å². The summed E-state index contributed by atoms with van der Waals surface area (Å²) in [5.41, 5.74) is 5.71. The molecule has 0 spiro atoms. The lowest BCUT2D eigenvalue weighted by molar-refractivity contribution is 0.0601. The molecule has 1 aromatic carbocycles. The lowest BCUT2D eigenvalue weighted by Gasteiger charge is -2.06. The van der Waals surface area contributed by atoms with Gasteiger partial charge in [-0.15, -0.1) is 0 Å². The number of anilines is 1. The molecular weight excluding hydrogens is 322 g/mol. The minimum absolute atomic E-state index is 0.313. The van der Waals surface area contributed by atoms with E-state index >= 15 is 0 Å². The second kappa shape index (κ2) is 12.1. The van der Waals surface area contributed by atoms with Crippen LogP contribution < -0.4 is 5.32 Å². The maximum atomic E-state index is 11.5. The molecule has 26 heavy (non-hydrogen) atoms. The summed E-state index contributed by atoms with van der Waals surface area (Å²) < 4.78 is 4.75. The quantitative estimate of drug-likeness (QED) is 0.395. The van der Waals surface area contributed by atoms with Crippen LogP contribution in [0.5, 0.6) is 0 Å². The van der Waals surface area contributed by atoms with E-state index in [1.165, 1.54) is 23.8 Å². The molecule has 0 fully saturated rings. The Hall–Kier alpha value is -2.29. The summed E-state index contributed by atoms with van der Waals surface area (Å²) in [4.78, 5) is 11.5. The van der Waals surface area contributed by atoms with E-state index in [-0.39, 0.29) is 5.97 Å². The molecule has 0 aliphatic rings. The van der Waals surface area contributed by atoms with Crippen LogP contribution in [0.25, 0.3) is 0 Å². The summed E-state index contributed by atoms with van der Waals surface area (Å²) in [6, 6.07) is 7.38. The van der Waals surface area contributed by atoms with Crippen LogP contribution >= 0.6 is 0 Å². The molecule has 1 aromatic rings. The van der Waals surface area contributed by atoms with Crippen LogP contribution in [-0.4, -0.2) is 19.6 Å². The highest BCUT2D eigenvalue weighted by molar-refractivity contribution is 5.90. The predicted octanol–water partition coefficient (Wildman–Crippen LogP) is 6.30. The molecule has 0 unspecified atom stereocenters. The Bertz CT molecular complexity index is 665. The minimum atomic E-state index is -0.313. The van der Waals surface area contributed by atoms with Crippen molar-refractivity contribution in [3.8, 4) is 0 Å². The van der Waals surface area contributed by atoms with Crippen LogP contribution in [0.4, 0.5) is 5.69 Å². The maximum Gasteiger partial charge on any atom is 0.337 e. The van der Waals surface area contributed by atoms with Gasteiger partial charge in [0.05, 0.1) is 12.7 Å². The summed E-state index contributed by atoms with van der Waals surface area (Å²) in [7, 11) is 1.40. The average molecular weight is 356 g/mol. The molecule has 1 rings (SSSR count). The van der Waals surface area contributed by atoms with Crippen molar-refractivity contribution in [2.24, 2.45) is 0 Å². The van der Waals surface area contributed by atoms with Gasteiger partial charge in [-0.05, 0) is 71.6 Å². The summed E-state index contributed by atoms with van der Waals surface area (Å²) in [5, 5.41) is 3.33. The number of ether oxygens (including phenoxy) is 1.